The van der Waals surface area contributed by atoms with E-state index < -0.39 is 38.0 Å². The van der Waals surface area contributed by atoms with Crippen molar-refractivity contribution < 1.29 is 17.2 Å². The second-order valence-corrected chi connectivity index (χ2v) is 7.51. The molecule has 1 saturated carbocycles. The Morgan fingerprint density at radius 2 is 2.00 bits per heavy atom. The van der Waals surface area contributed by atoms with E-state index in [1.807, 2.05) is 6.92 Å². The van der Waals surface area contributed by atoms with Gasteiger partial charge in [-0.3, -0.25) is 0 Å². The summed E-state index contributed by atoms with van der Waals surface area (Å²) in [6.07, 6.45) is 0.971. The monoisotopic (exact) mass is 323 g/mol. The van der Waals surface area contributed by atoms with Crippen LogP contribution in [-0.2, 0) is 15.9 Å². The molecule has 3 nitrogen and oxygen atoms in total. The molecule has 0 spiro atoms. The lowest BCUT2D eigenvalue weighted by Gasteiger charge is -2.18. The van der Waals surface area contributed by atoms with Gasteiger partial charge in [0.25, 0.3) is 0 Å². The smallest absolute Gasteiger partial charge is 0.207 e. The molecule has 0 heterocycles. The van der Waals surface area contributed by atoms with Crippen molar-refractivity contribution in [1.82, 2.24) is 4.31 Å². The Balaban J connectivity index is 2.34. The maximum atomic E-state index is 14.1. The Kier molecular flexibility index (Phi) is 4.37. The van der Waals surface area contributed by atoms with Gasteiger partial charge in [0, 0.05) is 19.2 Å². The summed E-state index contributed by atoms with van der Waals surface area (Å²) in [7, 11) is -2.56. The first-order valence-electron chi connectivity index (χ1n) is 6.28. The number of benzene rings is 1. The van der Waals surface area contributed by atoms with E-state index in [1.54, 1.807) is 0 Å². The lowest BCUT2D eigenvalue weighted by atomic mass is 10.2. The molecule has 1 fully saturated rings. The van der Waals surface area contributed by atoms with Crippen LogP contribution in [0.2, 0.25) is 0 Å². The predicted octanol–water partition coefficient (Wildman–Crippen LogP) is 2.98. The lowest BCUT2D eigenvalue weighted by molar-refractivity contribution is 0.438. The first kappa shape index (κ1) is 15.7. The molecule has 2 unspecified atom stereocenters. The quantitative estimate of drug-likeness (QED) is 0.781. The second-order valence-electron chi connectivity index (χ2n) is 5.23. The highest BCUT2D eigenvalue weighted by Gasteiger charge is 2.37. The van der Waals surface area contributed by atoms with E-state index in [9.17, 15) is 17.2 Å². The van der Waals surface area contributed by atoms with Gasteiger partial charge in [-0.05, 0) is 30.4 Å². The average Bonchev–Trinajstić information content (AvgIpc) is 3.05. The van der Waals surface area contributed by atoms with Crippen molar-refractivity contribution in [3.05, 3.63) is 29.3 Å². The molecule has 0 amide bonds. The fourth-order valence-electron chi connectivity index (χ4n) is 2.15. The zero-order valence-electron chi connectivity index (χ0n) is 11.2. The predicted molar refractivity (Wildman–Crippen MR) is 73.0 cm³/mol. The normalized spacial score (nSPS) is 22.3. The van der Waals surface area contributed by atoms with Gasteiger partial charge < -0.3 is 0 Å². The Hall–Kier alpha value is -0.720. The summed E-state index contributed by atoms with van der Waals surface area (Å²) >= 11 is 5.46. The number of rotatable bonds is 5. The van der Waals surface area contributed by atoms with Crippen molar-refractivity contribution in [3.63, 3.8) is 0 Å². The summed E-state index contributed by atoms with van der Waals surface area (Å²) in [6, 6.07) is 1.88. The molecule has 112 valence electrons. The molecule has 1 aromatic rings. The summed E-state index contributed by atoms with van der Waals surface area (Å²) in [5.41, 5.74) is -0.416. The number of hydrogen-bond acceptors (Lipinski definition) is 2. The van der Waals surface area contributed by atoms with Crippen LogP contribution in [0, 0.1) is 23.5 Å². The molecule has 2 rings (SSSR count). The van der Waals surface area contributed by atoms with Gasteiger partial charge in [0.1, 0.15) is 10.7 Å². The Bertz CT molecular complexity index is 621. The maximum absolute atomic E-state index is 14.1. The van der Waals surface area contributed by atoms with Crippen molar-refractivity contribution in [1.29, 1.82) is 0 Å². The van der Waals surface area contributed by atoms with Gasteiger partial charge >= 0.3 is 0 Å². The van der Waals surface area contributed by atoms with Gasteiger partial charge in [0.15, 0.2) is 5.82 Å². The molecule has 20 heavy (non-hydrogen) atoms. The molecule has 7 heteroatoms. The number of nitrogens with zero attached hydrogens (tertiary/aromatic N) is 1. The summed E-state index contributed by atoms with van der Waals surface area (Å²) in [6.45, 7) is 2.38. The summed E-state index contributed by atoms with van der Waals surface area (Å²) in [5.74, 6) is -1.55. The molecular formula is C13H16ClF2NO2S. The second kappa shape index (κ2) is 5.58. The fraction of sp³-hybridized carbons (Fsp3) is 0.538. The standard InChI is InChI=1S/C13H16ClF2NO2S/c1-8-5-9(8)7-17(2)20(18,19)12-4-3-11(15)10(6-14)13(12)16/h3-4,8-9H,5-7H2,1-2H3. The third-order valence-corrected chi connectivity index (χ3v) is 5.85. The number of hydrogen-bond donors (Lipinski definition) is 0. The van der Waals surface area contributed by atoms with Crippen molar-refractivity contribution in [2.75, 3.05) is 13.6 Å². The van der Waals surface area contributed by atoms with Gasteiger partial charge in [0.2, 0.25) is 10.0 Å². The maximum Gasteiger partial charge on any atom is 0.245 e. The van der Waals surface area contributed by atoms with Gasteiger partial charge in [0.05, 0.1) is 5.88 Å². The highest BCUT2D eigenvalue weighted by atomic mass is 35.5. The topological polar surface area (TPSA) is 37.4 Å². The Morgan fingerprint density at radius 1 is 1.40 bits per heavy atom. The zero-order valence-corrected chi connectivity index (χ0v) is 12.8. The molecule has 1 aliphatic rings. The molecule has 0 N–H and O–H groups in total. The van der Waals surface area contributed by atoms with Crippen LogP contribution in [0.25, 0.3) is 0 Å². The van der Waals surface area contributed by atoms with Crippen molar-refractivity contribution >= 4 is 21.6 Å². The number of alkyl halides is 1. The van der Waals surface area contributed by atoms with Crippen LogP contribution < -0.4 is 0 Å². The van der Waals surface area contributed by atoms with E-state index in [0.29, 0.717) is 18.4 Å². The van der Waals surface area contributed by atoms with E-state index in [4.69, 9.17) is 11.6 Å². The minimum Gasteiger partial charge on any atom is -0.207 e. The molecule has 0 aliphatic heterocycles. The Morgan fingerprint density at radius 3 is 2.50 bits per heavy atom. The Labute approximate surface area is 122 Å². The fourth-order valence-corrected chi connectivity index (χ4v) is 3.71. The van der Waals surface area contributed by atoms with Crippen LogP contribution in [0.5, 0.6) is 0 Å². The van der Waals surface area contributed by atoms with Crippen molar-refractivity contribution in [2.24, 2.45) is 11.8 Å². The van der Waals surface area contributed by atoms with E-state index >= 15 is 0 Å². The van der Waals surface area contributed by atoms with Crippen LogP contribution in [0.4, 0.5) is 8.78 Å². The SMILES string of the molecule is CC1CC1CN(C)S(=O)(=O)c1ccc(F)c(CCl)c1F. The van der Waals surface area contributed by atoms with Gasteiger partial charge in [-0.2, -0.15) is 0 Å². The molecule has 0 bridgehead atoms. The number of sulfonamides is 1. The summed E-state index contributed by atoms with van der Waals surface area (Å²) in [4.78, 5) is -0.523. The van der Waals surface area contributed by atoms with E-state index in [-0.39, 0.29) is 0 Å². The number of halogens is 3. The highest BCUT2D eigenvalue weighted by Crippen LogP contribution is 2.39. The van der Waals surface area contributed by atoms with E-state index in [0.717, 1.165) is 22.9 Å². The third-order valence-electron chi connectivity index (χ3n) is 3.74. The molecule has 2 atom stereocenters. The van der Waals surface area contributed by atoms with Crippen molar-refractivity contribution in [2.45, 2.75) is 24.1 Å². The molecular weight excluding hydrogens is 308 g/mol. The first-order valence-corrected chi connectivity index (χ1v) is 8.25. The van der Waals surface area contributed by atoms with Crippen LogP contribution in [-0.4, -0.2) is 26.3 Å². The minimum absolute atomic E-state index is 0.311. The molecule has 1 aromatic carbocycles. The van der Waals surface area contributed by atoms with Crippen LogP contribution in [0.15, 0.2) is 17.0 Å². The third kappa shape index (κ3) is 2.82. The lowest BCUT2D eigenvalue weighted by Crippen LogP contribution is -2.30. The average molecular weight is 324 g/mol. The van der Waals surface area contributed by atoms with Gasteiger partial charge in [-0.1, -0.05) is 6.92 Å². The largest absolute Gasteiger partial charge is 0.245 e. The van der Waals surface area contributed by atoms with E-state index in [2.05, 4.69) is 0 Å². The molecule has 0 aromatic heterocycles. The molecule has 0 saturated heterocycles. The molecule has 0 radical (unpaired) electrons. The highest BCUT2D eigenvalue weighted by molar-refractivity contribution is 7.89. The first-order chi connectivity index (χ1) is 9.28. The van der Waals surface area contributed by atoms with Crippen LogP contribution in [0.3, 0.4) is 0 Å². The van der Waals surface area contributed by atoms with E-state index in [1.165, 1.54) is 7.05 Å². The minimum atomic E-state index is -3.96. The summed E-state index contributed by atoms with van der Waals surface area (Å²) < 4.78 is 53.2. The van der Waals surface area contributed by atoms with Gasteiger partial charge in [-0.15, -0.1) is 11.6 Å². The van der Waals surface area contributed by atoms with Crippen LogP contribution >= 0.6 is 11.6 Å². The summed E-state index contributed by atoms with van der Waals surface area (Å²) in [5, 5.41) is 0. The zero-order chi connectivity index (χ0) is 15.1. The van der Waals surface area contributed by atoms with Gasteiger partial charge in [-0.25, -0.2) is 21.5 Å². The molecule has 1 aliphatic carbocycles. The van der Waals surface area contributed by atoms with Crippen LogP contribution in [0.1, 0.15) is 18.9 Å². The van der Waals surface area contributed by atoms with Crippen molar-refractivity contribution in [3.8, 4) is 0 Å².